The Balaban J connectivity index is 2.06. The summed E-state index contributed by atoms with van der Waals surface area (Å²) in [5.74, 6) is -1.14. The van der Waals surface area contributed by atoms with Crippen LogP contribution in [-0.4, -0.2) is 35.8 Å². The molecule has 1 heterocycles. The molecule has 25 heavy (non-hydrogen) atoms. The molecule has 138 valence electrons. The Morgan fingerprint density at radius 3 is 2.44 bits per heavy atom. The van der Waals surface area contributed by atoms with E-state index in [2.05, 4.69) is 5.32 Å². The van der Waals surface area contributed by atoms with E-state index in [-0.39, 0.29) is 22.5 Å². The molecule has 1 aromatic rings. The van der Waals surface area contributed by atoms with Gasteiger partial charge in [-0.25, -0.2) is 0 Å². The summed E-state index contributed by atoms with van der Waals surface area (Å²) in [6, 6.07) is 2.57. The summed E-state index contributed by atoms with van der Waals surface area (Å²) in [7, 11) is 0. The van der Waals surface area contributed by atoms with E-state index in [9.17, 15) is 22.8 Å². The monoisotopic (exact) mass is 377 g/mol. The molecule has 1 aliphatic rings. The predicted octanol–water partition coefficient (Wildman–Crippen LogP) is 2.88. The number of primary amides is 1. The molecule has 9 heteroatoms. The summed E-state index contributed by atoms with van der Waals surface area (Å²) in [6.07, 6.45) is -3.57. The van der Waals surface area contributed by atoms with Crippen LogP contribution in [-0.2, 0) is 15.8 Å². The molecule has 2 rings (SSSR count). The molecule has 5 nitrogen and oxygen atoms in total. The zero-order valence-corrected chi connectivity index (χ0v) is 14.3. The molecule has 1 atom stereocenters. The highest BCUT2D eigenvalue weighted by molar-refractivity contribution is 6.30. The van der Waals surface area contributed by atoms with Crippen molar-refractivity contribution in [2.45, 2.75) is 32.0 Å². The van der Waals surface area contributed by atoms with Crippen LogP contribution in [0.4, 0.5) is 18.9 Å². The fourth-order valence-corrected chi connectivity index (χ4v) is 3.01. The number of benzene rings is 1. The lowest BCUT2D eigenvalue weighted by Crippen LogP contribution is -2.47. The highest BCUT2D eigenvalue weighted by Gasteiger charge is 2.35. The number of piperidine rings is 1. The summed E-state index contributed by atoms with van der Waals surface area (Å²) < 4.78 is 39.3. The topological polar surface area (TPSA) is 75.4 Å². The normalized spacial score (nSPS) is 18.0. The molecule has 1 fully saturated rings. The standard InChI is InChI=1S/C16H19ClF3N3O2/c1-9(23-6-4-10(5-7-23)14(21)24)15(25)22-13-3-2-11(17)8-12(13)16(18,19)20/h2-3,8-10H,4-7H2,1H3,(H2,21,24)(H,22,25)/t9-/m0/s1. The van der Waals surface area contributed by atoms with Crippen LogP contribution in [0.1, 0.15) is 25.3 Å². The van der Waals surface area contributed by atoms with Gasteiger partial charge in [0.1, 0.15) is 0 Å². The SMILES string of the molecule is C[C@@H](C(=O)Nc1ccc(Cl)cc1C(F)(F)F)N1CCC(C(N)=O)CC1. The van der Waals surface area contributed by atoms with Gasteiger partial charge in [-0.1, -0.05) is 11.6 Å². The van der Waals surface area contributed by atoms with E-state index in [0.717, 1.165) is 12.1 Å². The molecule has 1 aromatic carbocycles. The number of amides is 2. The number of nitrogens with one attached hydrogen (secondary N) is 1. The smallest absolute Gasteiger partial charge is 0.369 e. The summed E-state index contributed by atoms with van der Waals surface area (Å²) in [6.45, 7) is 2.58. The van der Waals surface area contributed by atoms with Gasteiger partial charge < -0.3 is 11.1 Å². The van der Waals surface area contributed by atoms with Crippen molar-refractivity contribution < 1.29 is 22.8 Å². The van der Waals surface area contributed by atoms with Gasteiger partial charge in [-0.2, -0.15) is 13.2 Å². The third-order valence-corrected chi connectivity index (χ3v) is 4.64. The molecule has 0 saturated carbocycles. The van der Waals surface area contributed by atoms with Crippen LogP contribution in [0.5, 0.6) is 0 Å². The van der Waals surface area contributed by atoms with E-state index in [1.54, 1.807) is 6.92 Å². The minimum absolute atomic E-state index is 0.0631. The lowest BCUT2D eigenvalue weighted by molar-refractivity contribution is -0.137. The van der Waals surface area contributed by atoms with Crippen LogP contribution < -0.4 is 11.1 Å². The van der Waals surface area contributed by atoms with Crippen molar-refractivity contribution in [1.82, 2.24) is 4.90 Å². The number of carbonyl (C=O) groups is 2. The second-order valence-electron chi connectivity index (χ2n) is 6.07. The molecule has 0 bridgehead atoms. The van der Waals surface area contributed by atoms with Crippen LogP contribution in [0.3, 0.4) is 0 Å². The number of halogens is 4. The van der Waals surface area contributed by atoms with E-state index >= 15 is 0 Å². The van der Waals surface area contributed by atoms with Gasteiger partial charge in [0.05, 0.1) is 17.3 Å². The number of anilines is 1. The quantitative estimate of drug-likeness (QED) is 0.847. The fraction of sp³-hybridized carbons (Fsp3) is 0.500. The maximum Gasteiger partial charge on any atom is 0.418 e. The van der Waals surface area contributed by atoms with Gasteiger partial charge in [-0.3, -0.25) is 14.5 Å². The van der Waals surface area contributed by atoms with Gasteiger partial charge >= 0.3 is 6.18 Å². The number of nitrogens with two attached hydrogens (primary N) is 1. The number of hydrogen-bond acceptors (Lipinski definition) is 3. The van der Waals surface area contributed by atoms with Crippen molar-refractivity contribution in [2.24, 2.45) is 11.7 Å². The molecular weight excluding hydrogens is 359 g/mol. The molecule has 0 radical (unpaired) electrons. The number of likely N-dealkylation sites (tertiary alicyclic amines) is 1. The van der Waals surface area contributed by atoms with Gasteiger partial charge in [0.25, 0.3) is 0 Å². The van der Waals surface area contributed by atoms with Crippen LogP contribution in [0.15, 0.2) is 18.2 Å². The Kier molecular flexibility index (Phi) is 5.95. The number of hydrogen-bond donors (Lipinski definition) is 2. The van der Waals surface area contributed by atoms with Crippen molar-refractivity contribution in [3.8, 4) is 0 Å². The number of nitrogens with zero attached hydrogens (tertiary/aromatic N) is 1. The van der Waals surface area contributed by atoms with E-state index in [4.69, 9.17) is 17.3 Å². The maximum atomic E-state index is 13.1. The molecule has 3 N–H and O–H groups in total. The zero-order valence-electron chi connectivity index (χ0n) is 13.6. The van der Waals surface area contributed by atoms with Crippen molar-refractivity contribution in [2.75, 3.05) is 18.4 Å². The molecule has 0 unspecified atom stereocenters. The first-order chi connectivity index (χ1) is 11.6. The van der Waals surface area contributed by atoms with Crippen LogP contribution in [0.25, 0.3) is 0 Å². The van der Waals surface area contributed by atoms with Crippen LogP contribution >= 0.6 is 11.6 Å². The third kappa shape index (κ3) is 4.85. The summed E-state index contributed by atoms with van der Waals surface area (Å²) in [5, 5.41) is 2.26. The molecule has 1 aliphatic heterocycles. The molecule has 1 saturated heterocycles. The first kappa shape index (κ1) is 19.5. The van der Waals surface area contributed by atoms with Gasteiger partial charge in [-0.05, 0) is 51.1 Å². The lowest BCUT2D eigenvalue weighted by Gasteiger charge is -2.34. The molecule has 0 aromatic heterocycles. The predicted molar refractivity (Wildman–Crippen MR) is 88.0 cm³/mol. The van der Waals surface area contributed by atoms with Gasteiger partial charge in [0.2, 0.25) is 11.8 Å². The third-order valence-electron chi connectivity index (χ3n) is 4.40. The van der Waals surface area contributed by atoms with E-state index in [1.807, 2.05) is 4.90 Å². The van der Waals surface area contributed by atoms with Crippen molar-refractivity contribution in [3.05, 3.63) is 28.8 Å². The summed E-state index contributed by atoms with van der Waals surface area (Å²) >= 11 is 5.62. The average molecular weight is 378 g/mol. The molecule has 0 aliphatic carbocycles. The molecular formula is C16H19ClF3N3O2. The van der Waals surface area contributed by atoms with E-state index in [1.165, 1.54) is 6.07 Å². The Labute approximate surface area is 148 Å². The number of alkyl halides is 3. The second kappa shape index (κ2) is 7.61. The van der Waals surface area contributed by atoms with Crippen molar-refractivity contribution in [3.63, 3.8) is 0 Å². The Bertz CT molecular complexity index is 659. The Morgan fingerprint density at radius 2 is 1.92 bits per heavy atom. The highest BCUT2D eigenvalue weighted by Crippen LogP contribution is 2.36. The average Bonchev–Trinajstić information content (AvgIpc) is 2.54. The van der Waals surface area contributed by atoms with Crippen molar-refractivity contribution in [1.29, 1.82) is 0 Å². The van der Waals surface area contributed by atoms with E-state index < -0.39 is 23.7 Å². The van der Waals surface area contributed by atoms with Crippen LogP contribution in [0, 0.1) is 5.92 Å². The Hall–Kier alpha value is -1.80. The number of carbonyl (C=O) groups excluding carboxylic acids is 2. The summed E-state index contributed by atoms with van der Waals surface area (Å²) in [5.41, 5.74) is 3.94. The van der Waals surface area contributed by atoms with Gasteiger partial charge in [0.15, 0.2) is 0 Å². The number of rotatable bonds is 4. The molecule has 0 spiro atoms. The first-order valence-electron chi connectivity index (χ1n) is 7.80. The Morgan fingerprint density at radius 1 is 1.32 bits per heavy atom. The fourth-order valence-electron chi connectivity index (χ4n) is 2.83. The van der Waals surface area contributed by atoms with Crippen molar-refractivity contribution >= 4 is 29.1 Å². The minimum Gasteiger partial charge on any atom is -0.369 e. The van der Waals surface area contributed by atoms with Gasteiger partial charge in [-0.15, -0.1) is 0 Å². The minimum atomic E-state index is -4.63. The van der Waals surface area contributed by atoms with Gasteiger partial charge in [0, 0.05) is 10.9 Å². The molecule has 2 amide bonds. The van der Waals surface area contributed by atoms with E-state index in [0.29, 0.717) is 25.9 Å². The first-order valence-corrected chi connectivity index (χ1v) is 8.18. The highest BCUT2D eigenvalue weighted by atomic mass is 35.5. The second-order valence-corrected chi connectivity index (χ2v) is 6.50. The zero-order chi connectivity index (χ0) is 18.8. The lowest BCUT2D eigenvalue weighted by atomic mass is 9.95. The summed E-state index contributed by atoms with van der Waals surface area (Å²) in [4.78, 5) is 25.3. The van der Waals surface area contributed by atoms with Crippen LogP contribution in [0.2, 0.25) is 5.02 Å². The largest absolute Gasteiger partial charge is 0.418 e. The maximum absolute atomic E-state index is 13.1.